The number of amides is 1. The highest BCUT2D eigenvalue weighted by Gasteiger charge is 2.13. The Morgan fingerprint density at radius 2 is 1.92 bits per heavy atom. The van der Waals surface area contributed by atoms with Gasteiger partial charge < -0.3 is 15.2 Å². The van der Waals surface area contributed by atoms with Crippen molar-refractivity contribution in [2.75, 3.05) is 19.0 Å². The summed E-state index contributed by atoms with van der Waals surface area (Å²) >= 11 is 11.9. The summed E-state index contributed by atoms with van der Waals surface area (Å²) in [5.74, 6) is 0.277. The van der Waals surface area contributed by atoms with Crippen LogP contribution < -0.4 is 15.5 Å². The van der Waals surface area contributed by atoms with Gasteiger partial charge in [-0.15, -0.1) is 0 Å². The Labute approximate surface area is 161 Å². The molecule has 0 heterocycles. The van der Waals surface area contributed by atoms with E-state index in [-0.39, 0.29) is 23.2 Å². The fourth-order valence-corrected chi connectivity index (χ4v) is 2.67. The lowest BCUT2D eigenvalue weighted by Gasteiger charge is -2.10. The van der Waals surface area contributed by atoms with Gasteiger partial charge >= 0.3 is 0 Å². The average Bonchev–Trinajstić information content (AvgIpc) is 2.64. The molecule has 0 aliphatic carbocycles. The van der Waals surface area contributed by atoms with E-state index in [4.69, 9.17) is 27.9 Å². The van der Waals surface area contributed by atoms with E-state index in [1.54, 1.807) is 37.4 Å². The SMILES string of the molecule is CC/C(=N\NC(=O)CNc1ccc(OC)cc1)c1cc(Cl)cc(Cl)c1O. The van der Waals surface area contributed by atoms with E-state index in [1.807, 2.05) is 6.92 Å². The molecule has 0 aromatic heterocycles. The number of phenols is 1. The van der Waals surface area contributed by atoms with Crippen LogP contribution in [-0.4, -0.2) is 30.4 Å². The summed E-state index contributed by atoms with van der Waals surface area (Å²) < 4.78 is 5.08. The minimum atomic E-state index is -0.334. The zero-order valence-electron chi connectivity index (χ0n) is 14.3. The Balaban J connectivity index is 2.00. The summed E-state index contributed by atoms with van der Waals surface area (Å²) in [5.41, 5.74) is 4.08. The van der Waals surface area contributed by atoms with Crippen LogP contribution in [0.2, 0.25) is 10.0 Å². The molecule has 6 nitrogen and oxygen atoms in total. The van der Waals surface area contributed by atoms with E-state index < -0.39 is 0 Å². The third-order valence-corrected chi connectivity index (χ3v) is 4.04. The molecule has 0 fully saturated rings. The molecular weight excluding hydrogens is 377 g/mol. The number of nitrogens with zero attached hydrogens (tertiary/aromatic N) is 1. The normalized spacial score (nSPS) is 11.2. The maximum absolute atomic E-state index is 12.0. The predicted molar refractivity (Wildman–Crippen MR) is 105 cm³/mol. The molecule has 0 saturated heterocycles. The number of hydrogen-bond acceptors (Lipinski definition) is 5. The van der Waals surface area contributed by atoms with Gasteiger partial charge in [0.1, 0.15) is 11.5 Å². The maximum atomic E-state index is 12.0. The van der Waals surface area contributed by atoms with Crippen molar-refractivity contribution in [1.29, 1.82) is 0 Å². The third kappa shape index (κ3) is 5.28. The molecule has 8 heteroatoms. The van der Waals surface area contributed by atoms with Crippen LogP contribution in [0.1, 0.15) is 18.9 Å². The first-order valence-corrected chi connectivity index (χ1v) is 8.62. The lowest BCUT2D eigenvalue weighted by molar-refractivity contribution is -0.119. The lowest BCUT2D eigenvalue weighted by Crippen LogP contribution is -2.27. The number of halogens is 2. The second kappa shape index (κ2) is 9.31. The Bertz CT molecular complexity index is 808. The second-order valence-electron chi connectivity index (χ2n) is 5.31. The minimum absolute atomic E-state index is 0.0368. The fraction of sp³-hybridized carbons (Fsp3) is 0.222. The second-order valence-corrected chi connectivity index (χ2v) is 6.16. The molecule has 138 valence electrons. The van der Waals surface area contributed by atoms with Crippen LogP contribution in [0, 0.1) is 0 Å². The van der Waals surface area contributed by atoms with Crippen molar-refractivity contribution in [3.8, 4) is 11.5 Å². The quantitative estimate of drug-likeness (QED) is 0.487. The molecule has 0 aliphatic heterocycles. The number of carbonyl (C=O) groups is 1. The lowest BCUT2D eigenvalue weighted by atomic mass is 10.1. The molecular formula is C18H19Cl2N3O3. The van der Waals surface area contributed by atoms with E-state index in [9.17, 15) is 9.90 Å². The monoisotopic (exact) mass is 395 g/mol. The van der Waals surface area contributed by atoms with Gasteiger partial charge in [0, 0.05) is 16.3 Å². The van der Waals surface area contributed by atoms with Crippen LogP contribution in [-0.2, 0) is 4.79 Å². The van der Waals surface area contributed by atoms with Crippen molar-refractivity contribution in [3.63, 3.8) is 0 Å². The van der Waals surface area contributed by atoms with Crippen molar-refractivity contribution in [2.24, 2.45) is 5.10 Å². The minimum Gasteiger partial charge on any atom is -0.506 e. The zero-order chi connectivity index (χ0) is 19.1. The number of benzene rings is 2. The molecule has 0 spiro atoms. The Hall–Kier alpha value is -2.44. The number of hydrogen-bond donors (Lipinski definition) is 3. The molecule has 0 atom stereocenters. The first-order chi connectivity index (χ1) is 12.4. The average molecular weight is 396 g/mol. The largest absolute Gasteiger partial charge is 0.506 e. The van der Waals surface area contributed by atoms with Crippen molar-refractivity contribution >= 4 is 40.5 Å². The first-order valence-electron chi connectivity index (χ1n) is 7.86. The smallest absolute Gasteiger partial charge is 0.259 e. The summed E-state index contributed by atoms with van der Waals surface area (Å²) in [5, 5.41) is 17.6. The van der Waals surface area contributed by atoms with Gasteiger partial charge in [-0.3, -0.25) is 4.79 Å². The van der Waals surface area contributed by atoms with E-state index in [1.165, 1.54) is 6.07 Å². The molecule has 2 aromatic carbocycles. The van der Waals surface area contributed by atoms with Gasteiger partial charge in [0.2, 0.25) is 0 Å². The van der Waals surface area contributed by atoms with Crippen LogP contribution in [0.15, 0.2) is 41.5 Å². The number of carbonyl (C=O) groups excluding carboxylic acids is 1. The molecule has 0 saturated carbocycles. The van der Waals surface area contributed by atoms with Crippen molar-refractivity contribution in [3.05, 3.63) is 52.0 Å². The van der Waals surface area contributed by atoms with Gasteiger partial charge in [0.15, 0.2) is 0 Å². The summed E-state index contributed by atoms with van der Waals surface area (Å²) in [7, 11) is 1.59. The molecule has 3 N–H and O–H groups in total. The van der Waals surface area contributed by atoms with Crippen LogP contribution >= 0.6 is 23.2 Å². The van der Waals surface area contributed by atoms with Crippen molar-refractivity contribution < 1.29 is 14.6 Å². The third-order valence-electron chi connectivity index (χ3n) is 3.53. The van der Waals surface area contributed by atoms with Crippen LogP contribution in [0.25, 0.3) is 0 Å². The summed E-state index contributed by atoms with van der Waals surface area (Å²) in [4.78, 5) is 12.0. The zero-order valence-corrected chi connectivity index (χ0v) is 15.9. The van der Waals surface area contributed by atoms with Gasteiger partial charge in [-0.05, 0) is 42.8 Å². The number of aromatic hydroxyl groups is 1. The maximum Gasteiger partial charge on any atom is 0.259 e. The van der Waals surface area contributed by atoms with Crippen LogP contribution in [0.4, 0.5) is 5.69 Å². The Morgan fingerprint density at radius 1 is 1.23 bits per heavy atom. The number of nitrogens with one attached hydrogen (secondary N) is 2. The topological polar surface area (TPSA) is 83.0 Å². The number of rotatable bonds is 7. The number of anilines is 1. The summed E-state index contributed by atoms with van der Waals surface area (Å²) in [6.07, 6.45) is 0.469. The fourth-order valence-electron chi connectivity index (χ4n) is 2.18. The van der Waals surface area contributed by atoms with Gasteiger partial charge in [-0.25, -0.2) is 5.43 Å². The molecule has 0 radical (unpaired) electrons. The van der Waals surface area contributed by atoms with Gasteiger partial charge in [-0.2, -0.15) is 5.10 Å². The summed E-state index contributed by atoms with van der Waals surface area (Å²) in [6, 6.07) is 10.2. The Kier molecular flexibility index (Phi) is 7.12. The van der Waals surface area contributed by atoms with Crippen LogP contribution in [0.5, 0.6) is 11.5 Å². The highest BCUT2D eigenvalue weighted by molar-refractivity contribution is 6.36. The van der Waals surface area contributed by atoms with Crippen LogP contribution in [0.3, 0.4) is 0 Å². The number of methoxy groups -OCH3 is 1. The van der Waals surface area contributed by atoms with Gasteiger partial charge in [-0.1, -0.05) is 30.1 Å². The van der Waals surface area contributed by atoms with E-state index >= 15 is 0 Å². The predicted octanol–water partition coefficient (Wildman–Crippen LogP) is 4.05. The van der Waals surface area contributed by atoms with Crippen molar-refractivity contribution in [1.82, 2.24) is 5.43 Å². The molecule has 26 heavy (non-hydrogen) atoms. The van der Waals surface area contributed by atoms with E-state index in [0.717, 1.165) is 11.4 Å². The van der Waals surface area contributed by atoms with Gasteiger partial charge in [0.05, 0.1) is 24.4 Å². The molecule has 0 unspecified atom stereocenters. The molecule has 2 rings (SSSR count). The number of ether oxygens (including phenoxy) is 1. The summed E-state index contributed by atoms with van der Waals surface area (Å²) in [6.45, 7) is 1.88. The van der Waals surface area contributed by atoms with Crippen molar-refractivity contribution in [2.45, 2.75) is 13.3 Å². The highest BCUT2D eigenvalue weighted by Crippen LogP contribution is 2.32. The molecule has 0 aliphatic rings. The molecule has 0 bridgehead atoms. The highest BCUT2D eigenvalue weighted by atomic mass is 35.5. The first kappa shape index (κ1) is 19.9. The van der Waals surface area contributed by atoms with E-state index in [0.29, 0.717) is 22.7 Å². The number of hydrazone groups is 1. The van der Waals surface area contributed by atoms with Gasteiger partial charge in [0.25, 0.3) is 5.91 Å². The van der Waals surface area contributed by atoms with E-state index in [2.05, 4.69) is 15.8 Å². The Morgan fingerprint density at radius 3 is 2.54 bits per heavy atom. The molecule has 1 amide bonds. The molecule has 2 aromatic rings. The number of phenolic OH excluding ortho intramolecular Hbond substituents is 1. The standard InChI is InChI=1S/C18H19Cl2N3O3/c1-3-16(14-8-11(19)9-15(20)18(14)25)22-23-17(24)10-21-12-4-6-13(26-2)7-5-12/h4-9,21,25H,3,10H2,1-2H3,(H,23,24)/b22-16+.